The van der Waals surface area contributed by atoms with E-state index in [0.717, 1.165) is 0 Å². The van der Waals surface area contributed by atoms with Crippen molar-refractivity contribution in [1.29, 1.82) is 0 Å². The molecule has 36 heavy (non-hydrogen) atoms. The molecule has 0 saturated heterocycles. The molecular formula is C28H24N2O6. The second kappa shape index (κ2) is 10.5. The number of benzene rings is 4. The van der Waals surface area contributed by atoms with E-state index in [1.807, 2.05) is 0 Å². The molecule has 4 aromatic rings. The molecule has 6 N–H and O–H groups in total. The van der Waals surface area contributed by atoms with Crippen molar-refractivity contribution in [3.63, 3.8) is 0 Å². The molecule has 0 aliphatic rings. The quantitative estimate of drug-likeness (QED) is 0.162. The first-order valence-corrected chi connectivity index (χ1v) is 11.0. The predicted molar refractivity (Wildman–Crippen MR) is 136 cm³/mol. The van der Waals surface area contributed by atoms with E-state index < -0.39 is 12.1 Å². The van der Waals surface area contributed by atoms with E-state index >= 15 is 0 Å². The topological polar surface area (TPSA) is 146 Å². The number of aliphatic imine (C=N–C) groups is 2. The second-order valence-electron chi connectivity index (χ2n) is 7.99. The number of hydrogen-bond donors (Lipinski definition) is 6. The van der Waals surface area contributed by atoms with Gasteiger partial charge in [-0.25, -0.2) is 0 Å². The van der Waals surface area contributed by atoms with Crippen molar-refractivity contribution in [2.24, 2.45) is 9.98 Å². The molecule has 0 amide bonds. The van der Waals surface area contributed by atoms with Crippen LogP contribution in [0.15, 0.2) is 94.9 Å². The van der Waals surface area contributed by atoms with Gasteiger partial charge in [0.2, 0.25) is 0 Å². The van der Waals surface area contributed by atoms with E-state index in [1.165, 1.54) is 36.7 Å². The molecule has 0 heterocycles. The van der Waals surface area contributed by atoms with Crippen molar-refractivity contribution in [3.05, 3.63) is 107 Å². The van der Waals surface area contributed by atoms with Gasteiger partial charge in [-0.15, -0.1) is 0 Å². The van der Waals surface area contributed by atoms with Crippen molar-refractivity contribution in [3.8, 4) is 34.5 Å². The average molecular weight is 485 g/mol. The summed E-state index contributed by atoms with van der Waals surface area (Å²) in [7, 11) is 0. The van der Waals surface area contributed by atoms with Crippen LogP contribution in [0.2, 0.25) is 0 Å². The second-order valence-corrected chi connectivity index (χ2v) is 7.99. The van der Waals surface area contributed by atoms with Gasteiger partial charge in [-0.2, -0.15) is 0 Å². The van der Waals surface area contributed by atoms with Crippen molar-refractivity contribution in [1.82, 2.24) is 0 Å². The molecule has 0 unspecified atom stereocenters. The third-order valence-corrected chi connectivity index (χ3v) is 5.65. The molecule has 2 atom stereocenters. The lowest BCUT2D eigenvalue weighted by molar-refractivity contribution is 0.403. The Balaban J connectivity index is 1.89. The summed E-state index contributed by atoms with van der Waals surface area (Å²) in [6, 6.07) is 20.1. The van der Waals surface area contributed by atoms with Crippen LogP contribution in [0.4, 0.5) is 0 Å². The van der Waals surface area contributed by atoms with Gasteiger partial charge in [0, 0.05) is 34.7 Å². The molecule has 0 radical (unpaired) electrons. The fraction of sp³-hybridized carbons (Fsp3) is 0.0714. The van der Waals surface area contributed by atoms with Crippen LogP contribution < -0.4 is 0 Å². The van der Waals surface area contributed by atoms with Gasteiger partial charge in [0.1, 0.15) is 23.6 Å². The number of nitrogens with zero attached hydrogens (tertiary/aromatic N) is 2. The van der Waals surface area contributed by atoms with Gasteiger partial charge in [0.15, 0.2) is 23.0 Å². The standard InChI is InChI=1S/C28H24N2O6/c31-21-11-3-1-9-19(21)25(29-15-17-7-5-13-23(33)27(17)35)26(20-10-2-4-12-22(20)32)30-16-18-8-6-14-24(34)28(18)36/h1-16,25-26,31-36H/t25-,26+. The zero-order chi connectivity index (χ0) is 25.7. The average Bonchev–Trinajstić information content (AvgIpc) is 2.87. The lowest BCUT2D eigenvalue weighted by Gasteiger charge is -2.23. The van der Waals surface area contributed by atoms with Crippen LogP contribution in [-0.4, -0.2) is 43.1 Å². The summed E-state index contributed by atoms with van der Waals surface area (Å²) in [5, 5.41) is 61.5. The Labute approximate surface area is 207 Å². The number of rotatable bonds is 7. The van der Waals surface area contributed by atoms with E-state index in [1.54, 1.807) is 60.7 Å². The van der Waals surface area contributed by atoms with Crippen molar-refractivity contribution in [2.75, 3.05) is 0 Å². The van der Waals surface area contributed by atoms with E-state index in [9.17, 15) is 30.6 Å². The minimum absolute atomic E-state index is 0.0596. The summed E-state index contributed by atoms with van der Waals surface area (Å²) in [6.07, 6.45) is 2.70. The smallest absolute Gasteiger partial charge is 0.166 e. The van der Waals surface area contributed by atoms with Crippen molar-refractivity contribution >= 4 is 12.4 Å². The summed E-state index contributed by atoms with van der Waals surface area (Å²) < 4.78 is 0. The van der Waals surface area contributed by atoms with Crippen LogP contribution in [0.25, 0.3) is 0 Å². The van der Waals surface area contributed by atoms with Gasteiger partial charge in [-0.3, -0.25) is 9.98 Å². The van der Waals surface area contributed by atoms with E-state index in [-0.39, 0.29) is 45.6 Å². The molecule has 0 aromatic heterocycles. The predicted octanol–water partition coefficient (Wildman–Crippen LogP) is 4.94. The zero-order valence-corrected chi connectivity index (χ0v) is 19.0. The number of hydrogen-bond acceptors (Lipinski definition) is 8. The van der Waals surface area contributed by atoms with Crippen LogP contribution in [0.3, 0.4) is 0 Å². The molecule has 0 saturated carbocycles. The third kappa shape index (κ3) is 5.07. The lowest BCUT2D eigenvalue weighted by atomic mass is 9.92. The molecule has 4 aromatic carbocycles. The van der Waals surface area contributed by atoms with Gasteiger partial charge < -0.3 is 30.6 Å². The largest absolute Gasteiger partial charge is 0.508 e. The zero-order valence-electron chi connectivity index (χ0n) is 19.0. The van der Waals surface area contributed by atoms with Crippen molar-refractivity contribution < 1.29 is 30.6 Å². The molecular weight excluding hydrogens is 460 g/mol. The van der Waals surface area contributed by atoms with Crippen LogP contribution in [-0.2, 0) is 0 Å². The highest BCUT2D eigenvalue weighted by molar-refractivity contribution is 5.86. The highest BCUT2D eigenvalue weighted by Crippen LogP contribution is 2.42. The lowest BCUT2D eigenvalue weighted by Crippen LogP contribution is -2.10. The first-order chi connectivity index (χ1) is 17.4. The van der Waals surface area contributed by atoms with Gasteiger partial charge in [-0.1, -0.05) is 48.5 Å². The Kier molecular flexibility index (Phi) is 7.06. The maximum Gasteiger partial charge on any atom is 0.166 e. The van der Waals surface area contributed by atoms with Crippen molar-refractivity contribution in [2.45, 2.75) is 12.1 Å². The van der Waals surface area contributed by atoms with Gasteiger partial charge >= 0.3 is 0 Å². The molecule has 8 nitrogen and oxygen atoms in total. The van der Waals surface area contributed by atoms with E-state index in [2.05, 4.69) is 9.98 Å². The monoisotopic (exact) mass is 484 g/mol. The fourth-order valence-corrected chi connectivity index (χ4v) is 3.77. The Morgan fingerprint density at radius 1 is 0.444 bits per heavy atom. The van der Waals surface area contributed by atoms with Crippen LogP contribution in [0.1, 0.15) is 34.3 Å². The number of phenols is 6. The highest BCUT2D eigenvalue weighted by Gasteiger charge is 2.28. The first kappa shape index (κ1) is 24.2. The Morgan fingerprint density at radius 2 is 0.806 bits per heavy atom. The Morgan fingerprint density at radius 3 is 1.19 bits per heavy atom. The summed E-state index contributed by atoms with van der Waals surface area (Å²) in [4.78, 5) is 9.21. The van der Waals surface area contributed by atoms with E-state index in [4.69, 9.17) is 0 Å². The normalized spacial score (nSPS) is 13.2. The molecule has 182 valence electrons. The van der Waals surface area contributed by atoms with Gasteiger partial charge in [-0.05, 0) is 36.4 Å². The molecule has 0 bridgehead atoms. The van der Waals surface area contributed by atoms with E-state index in [0.29, 0.717) is 11.1 Å². The number of aromatic hydroxyl groups is 6. The number of para-hydroxylation sites is 4. The molecule has 0 fully saturated rings. The summed E-state index contributed by atoms with van der Waals surface area (Å²) >= 11 is 0. The van der Waals surface area contributed by atoms with Crippen LogP contribution in [0.5, 0.6) is 34.5 Å². The molecule has 0 spiro atoms. The molecule has 0 aliphatic carbocycles. The first-order valence-electron chi connectivity index (χ1n) is 11.0. The SMILES string of the molecule is Oc1ccccc1[C@@H](N=Cc1cccc(O)c1O)[C@@H](N=Cc1cccc(O)c1O)c1ccccc1O. The summed E-state index contributed by atoms with van der Waals surface area (Å²) in [5.74, 6) is -1.46. The summed E-state index contributed by atoms with van der Waals surface area (Å²) in [6.45, 7) is 0. The number of phenolic OH excluding ortho intramolecular Hbond substituents is 6. The Hall–Kier alpha value is -4.98. The maximum absolute atomic E-state index is 10.7. The van der Waals surface area contributed by atoms with Gasteiger partial charge in [0.05, 0.1) is 0 Å². The maximum atomic E-state index is 10.7. The Bertz CT molecular complexity index is 1320. The minimum atomic E-state index is -0.906. The van der Waals surface area contributed by atoms with Gasteiger partial charge in [0.25, 0.3) is 0 Å². The summed E-state index contributed by atoms with van der Waals surface area (Å²) in [5.41, 5.74) is 1.25. The molecule has 4 rings (SSSR count). The third-order valence-electron chi connectivity index (χ3n) is 5.65. The minimum Gasteiger partial charge on any atom is -0.508 e. The fourth-order valence-electron chi connectivity index (χ4n) is 3.77. The highest BCUT2D eigenvalue weighted by atomic mass is 16.3. The molecule has 0 aliphatic heterocycles. The van der Waals surface area contributed by atoms with Crippen LogP contribution in [0, 0.1) is 0 Å². The molecule has 8 heteroatoms. The van der Waals surface area contributed by atoms with Crippen LogP contribution >= 0.6 is 0 Å².